The molecule has 20 heavy (non-hydrogen) atoms. The standard InChI is InChI=1S/C13H20N4O3/c1-3-6-16-8-10(17(19)20)7-11(16)12(18)15-13(2)4-5-14-9-13/h7-8,14H,3-6,9H2,1-2H3,(H,15,18). The van der Waals surface area contributed by atoms with Gasteiger partial charge in [-0.15, -0.1) is 0 Å². The summed E-state index contributed by atoms with van der Waals surface area (Å²) in [7, 11) is 0. The molecule has 0 saturated carbocycles. The van der Waals surface area contributed by atoms with Crippen LogP contribution >= 0.6 is 0 Å². The highest BCUT2D eigenvalue weighted by Gasteiger charge is 2.31. The van der Waals surface area contributed by atoms with Crippen LogP contribution in [0.4, 0.5) is 5.69 Å². The average Bonchev–Trinajstić information content (AvgIpc) is 2.96. The highest BCUT2D eigenvalue weighted by atomic mass is 16.6. The lowest BCUT2D eigenvalue weighted by atomic mass is 10.0. The Labute approximate surface area is 117 Å². The van der Waals surface area contributed by atoms with Gasteiger partial charge in [0.15, 0.2) is 0 Å². The predicted octanol–water partition coefficient (Wildman–Crippen LogP) is 1.29. The number of carbonyl (C=O) groups excluding carboxylic acids is 1. The normalized spacial score (nSPS) is 21.9. The van der Waals surface area contributed by atoms with Crippen molar-refractivity contribution in [3.05, 3.63) is 28.1 Å². The molecule has 0 bridgehead atoms. The van der Waals surface area contributed by atoms with Crippen LogP contribution in [0.25, 0.3) is 0 Å². The highest BCUT2D eigenvalue weighted by molar-refractivity contribution is 5.94. The number of hydrogen-bond acceptors (Lipinski definition) is 4. The van der Waals surface area contributed by atoms with E-state index in [1.165, 1.54) is 12.3 Å². The van der Waals surface area contributed by atoms with Crippen molar-refractivity contribution in [2.45, 2.75) is 38.8 Å². The Bertz CT molecular complexity index is 518. The predicted molar refractivity (Wildman–Crippen MR) is 74.7 cm³/mol. The molecule has 2 N–H and O–H groups in total. The van der Waals surface area contributed by atoms with Crippen LogP contribution in [-0.2, 0) is 6.54 Å². The van der Waals surface area contributed by atoms with Gasteiger partial charge in [-0.05, 0) is 26.3 Å². The Hall–Kier alpha value is -1.89. The van der Waals surface area contributed by atoms with Crippen LogP contribution in [0.3, 0.4) is 0 Å². The number of aryl methyl sites for hydroxylation is 1. The number of nitrogens with one attached hydrogen (secondary N) is 2. The minimum atomic E-state index is -0.470. The van der Waals surface area contributed by atoms with E-state index in [1.54, 1.807) is 4.57 Å². The molecule has 0 aliphatic carbocycles. The van der Waals surface area contributed by atoms with Crippen molar-refractivity contribution in [3.63, 3.8) is 0 Å². The molecule has 7 nitrogen and oxygen atoms in total. The Morgan fingerprint density at radius 1 is 1.65 bits per heavy atom. The van der Waals surface area contributed by atoms with Gasteiger partial charge in [-0.1, -0.05) is 6.92 Å². The third-order valence-electron chi connectivity index (χ3n) is 3.57. The number of hydrogen-bond donors (Lipinski definition) is 2. The first kappa shape index (κ1) is 14.5. The van der Waals surface area contributed by atoms with Crippen LogP contribution in [0, 0.1) is 10.1 Å². The minimum absolute atomic E-state index is 0.0432. The van der Waals surface area contributed by atoms with Crippen molar-refractivity contribution < 1.29 is 9.72 Å². The van der Waals surface area contributed by atoms with Gasteiger partial charge < -0.3 is 15.2 Å². The fourth-order valence-corrected chi connectivity index (χ4v) is 2.47. The van der Waals surface area contributed by atoms with Crippen molar-refractivity contribution in [2.24, 2.45) is 0 Å². The molecular weight excluding hydrogens is 260 g/mol. The molecule has 0 spiro atoms. The number of nitrogens with zero attached hydrogens (tertiary/aromatic N) is 2. The van der Waals surface area contributed by atoms with E-state index in [2.05, 4.69) is 10.6 Å². The van der Waals surface area contributed by atoms with Crippen molar-refractivity contribution in [1.82, 2.24) is 15.2 Å². The van der Waals surface area contributed by atoms with Crippen molar-refractivity contribution in [2.75, 3.05) is 13.1 Å². The maximum atomic E-state index is 12.4. The summed E-state index contributed by atoms with van der Waals surface area (Å²) < 4.78 is 1.65. The molecule has 1 aromatic rings. The fraction of sp³-hybridized carbons (Fsp3) is 0.615. The number of amides is 1. The van der Waals surface area contributed by atoms with Crippen LogP contribution in [0.15, 0.2) is 12.3 Å². The van der Waals surface area contributed by atoms with Gasteiger partial charge in [0.25, 0.3) is 11.6 Å². The van der Waals surface area contributed by atoms with E-state index in [9.17, 15) is 14.9 Å². The summed E-state index contributed by atoms with van der Waals surface area (Å²) in [5, 5.41) is 17.0. The second-order valence-corrected chi connectivity index (χ2v) is 5.48. The van der Waals surface area contributed by atoms with Gasteiger partial charge in [0.2, 0.25) is 0 Å². The van der Waals surface area contributed by atoms with Crippen molar-refractivity contribution in [1.29, 1.82) is 0 Å². The Morgan fingerprint density at radius 2 is 2.40 bits per heavy atom. The molecule has 0 radical (unpaired) electrons. The average molecular weight is 280 g/mol. The summed E-state index contributed by atoms with van der Waals surface area (Å²) >= 11 is 0. The SMILES string of the molecule is CCCn1cc([N+](=O)[O-])cc1C(=O)NC1(C)CCNC1. The topological polar surface area (TPSA) is 89.2 Å². The van der Waals surface area contributed by atoms with Gasteiger partial charge in [0.05, 0.1) is 16.7 Å². The Morgan fingerprint density at radius 3 is 2.95 bits per heavy atom. The molecule has 1 atom stereocenters. The smallest absolute Gasteiger partial charge is 0.287 e. The maximum Gasteiger partial charge on any atom is 0.287 e. The molecule has 0 aromatic carbocycles. The number of nitro groups is 1. The minimum Gasteiger partial charge on any atom is -0.344 e. The van der Waals surface area contributed by atoms with Crippen LogP contribution in [0.5, 0.6) is 0 Å². The zero-order valence-electron chi connectivity index (χ0n) is 11.8. The zero-order valence-corrected chi connectivity index (χ0v) is 11.8. The van der Waals surface area contributed by atoms with Crippen LogP contribution in [0.2, 0.25) is 0 Å². The molecule has 1 amide bonds. The monoisotopic (exact) mass is 280 g/mol. The van der Waals surface area contributed by atoms with E-state index in [0.717, 1.165) is 25.9 Å². The van der Waals surface area contributed by atoms with Crippen LogP contribution in [-0.4, -0.2) is 34.0 Å². The number of carbonyl (C=O) groups is 1. The summed E-state index contributed by atoms with van der Waals surface area (Å²) in [6.07, 6.45) is 3.09. The van der Waals surface area contributed by atoms with Crippen LogP contribution < -0.4 is 10.6 Å². The third-order valence-corrected chi connectivity index (χ3v) is 3.57. The van der Waals surface area contributed by atoms with E-state index in [0.29, 0.717) is 12.2 Å². The molecular formula is C13H20N4O3. The lowest BCUT2D eigenvalue weighted by Crippen LogP contribution is -2.47. The first-order valence-electron chi connectivity index (χ1n) is 6.83. The molecule has 1 fully saturated rings. The number of rotatable bonds is 5. The molecule has 1 aliphatic heterocycles. The maximum absolute atomic E-state index is 12.4. The van der Waals surface area contributed by atoms with Gasteiger partial charge in [-0.3, -0.25) is 14.9 Å². The molecule has 2 rings (SSSR count). The molecule has 1 aliphatic rings. The summed E-state index contributed by atoms with van der Waals surface area (Å²) in [5.74, 6) is -0.252. The quantitative estimate of drug-likeness (QED) is 0.628. The third kappa shape index (κ3) is 2.98. The van der Waals surface area contributed by atoms with E-state index in [1.807, 2.05) is 13.8 Å². The molecule has 1 aromatic heterocycles. The lowest BCUT2D eigenvalue weighted by molar-refractivity contribution is -0.384. The molecule has 1 unspecified atom stereocenters. The molecule has 7 heteroatoms. The first-order chi connectivity index (χ1) is 9.45. The van der Waals surface area contributed by atoms with Gasteiger partial charge in [0.1, 0.15) is 5.69 Å². The van der Waals surface area contributed by atoms with Gasteiger partial charge in [-0.2, -0.15) is 0 Å². The molecule has 1 saturated heterocycles. The summed E-state index contributed by atoms with van der Waals surface area (Å²) in [4.78, 5) is 22.7. The van der Waals surface area contributed by atoms with E-state index >= 15 is 0 Å². The summed E-state index contributed by atoms with van der Waals surface area (Å²) in [6.45, 7) is 6.12. The van der Waals surface area contributed by atoms with Crippen molar-refractivity contribution in [3.8, 4) is 0 Å². The second kappa shape index (κ2) is 5.62. The zero-order chi connectivity index (χ0) is 14.8. The van der Waals surface area contributed by atoms with Gasteiger partial charge in [0, 0.05) is 19.2 Å². The largest absolute Gasteiger partial charge is 0.344 e. The van der Waals surface area contributed by atoms with E-state index in [-0.39, 0.29) is 17.1 Å². The molecule has 110 valence electrons. The first-order valence-corrected chi connectivity index (χ1v) is 6.83. The molecule has 2 heterocycles. The van der Waals surface area contributed by atoms with Gasteiger partial charge >= 0.3 is 0 Å². The second-order valence-electron chi connectivity index (χ2n) is 5.48. The van der Waals surface area contributed by atoms with Crippen LogP contribution in [0.1, 0.15) is 37.2 Å². The lowest BCUT2D eigenvalue weighted by Gasteiger charge is -2.24. The van der Waals surface area contributed by atoms with Gasteiger partial charge in [-0.25, -0.2) is 0 Å². The Kier molecular flexibility index (Phi) is 4.08. The van der Waals surface area contributed by atoms with E-state index < -0.39 is 4.92 Å². The highest BCUT2D eigenvalue weighted by Crippen LogP contribution is 2.19. The van der Waals surface area contributed by atoms with E-state index in [4.69, 9.17) is 0 Å². The Balaban J connectivity index is 2.21. The van der Waals surface area contributed by atoms with Crippen molar-refractivity contribution >= 4 is 11.6 Å². The summed E-state index contributed by atoms with van der Waals surface area (Å²) in [6, 6.07) is 1.34. The number of aromatic nitrogens is 1. The summed E-state index contributed by atoms with van der Waals surface area (Å²) in [5.41, 5.74) is 0.0256. The fourth-order valence-electron chi connectivity index (χ4n) is 2.47.